The molecule has 0 amide bonds. The van der Waals surface area contributed by atoms with Gasteiger partial charge in [0.1, 0.15) is 5.82 Å². The first kappa shape index (κ1) is 19.9. The van der Waals surface area contributed by atoms with Gasteiger partial charge in [0.2, 0.25) is 0 Å². The number of pyridine rings is 1. The molecule has 3 rings (SSSR count). The predicted molar refractivity (Wildman–Crippen MR) is 101 cm³/mol. The van der Waals surface area contributed by atoms with Gasteiger partial charge in [-0.1, -0.05) is 13.0 Å². The maximum Gasteiger partial charge on any atom is 0.306 e. The molecule has 1 fully saturated rings. The van der Waals surface area contributed by atoms with E-state index >= 15 is 0 Å². The first-order valence-corrected chi connectivity index (χ1v) is 9.33. The molecule has 0 aliphatic carbocycles. The van der Waals surface area contributed by atoms with E-state index in [9.17, 15) is 23.5 Å². The Morgan fingerprint density at radius 2 is 1.93 bits per heavy atom. The standard InChI is InChI=1S/C21H22F2N2O3/c1-2-17(21(27)28)13-5-7-25(8-6-13)20-19(23)10-16(11-24-20)14-3-4-15(12-26)18(22)9-14/h3-4,9-13,17H,2,5-8H2,1H3,(H,27,28). The number of hydrogen-bond donors (Lipinski definition) is 1. The number of hydrogen-bond acceptors (Lipinski definition) is 4. The highest BCUT2D eigenvalue weighted by atomic mass is 19.1. The lowest BCUT2D eigenvalue weighted by Crippen LogP contribution is -2.38. The van der Waals surface area contributed by atoms with Crippen LogP contribution in [0.4, 0.5) is 14.6 Å². The van der Waals surface area contributed by atoms with Crippen LogP contribution in [0.5, 0.6) is 0 Å². The molecule has 0 radical (unpaired) electrons. The zero-order chi connectivity index (χ0) is 20.3. The Labute approximate surface area is 162 Å². The number of carbonyl (C=O) groups is 2. The van der Waals surface area contributed by atoms with Crippen LogP contribution < -0.4 is 4.90 Å². The molecule has 0 spiro atoms. The van der Waals surface area contributed by atoms with E-state index in [0.29, 0.717) is 49.8 Å². The van der Waals surface area contributed by atoms with Gasteiger partial charge >= 0.3 is 5.97 Å². The van der Waals surface area contributed by atoms with Crippen LogP contribution in [0, 0.1) is 23.5 Å². The van der Waals surface area contributed by atoms with Gasteiger partial charge in [-0.15, -0.1) is 0 Å². The largest absolute Gasteiger partial charge is 0.481 e. The highest BCUT2D eigenvalue weighted by Crippen LogP contribution is 2.31. The van der Waals surface area contributed by atoms with Crippen LogP contribution >= 0.6 is 0 Å². The number of aromatic nitrogens is 1. The van der Waals surface area contributed by atoms with Gasteiger partial charge in [0, 0.05) is 24.8 Å². The van der Waals surface area contributed by atoms with E-state index in [-0.39, 0.29) is 23.2 Å². The molecule has 1 aromatic heterocycles. The highest BCUT2D eigenvalue weighted by molar-refractivity contribution is 5.77. The minimum atomic E-state index is -0.776. The summed E-state index contributed by atoms with van der Waals surface area (Å²) < 4.78 is 28.5. The third-order valence-electron chi connectivity index (χ3n) is 5.45. The van der Waals surface area contributed by atoms with E-state index in [0.717, 1.165) is 0 Å². The zero-order valence-corrected chi connectivity index (χ0v) is 15.6. The van der Waals surface area contributed by atoms with Crippen molar-refractivity contribution in [2.75, 3.05) is 18.0 Å². The van der Waals surface area contributed by atoms with Crippen LogP contribution in [0.15, 0.2) is 30.5 Å². The fourth-order valence-corrected chi connectivity index (χ4v) is 3.85. The number of piperidine rings is 1. The molecular weight excluding hydrogens is 366 g/mol. The van der Waals surface area contributed by atoms with Crippen molar-refractivity contribution in [3.8, 4) is 11.1 Å². The van der Waals surface area contributed by atoms with E-state index in [1.807, 2.05) is 11.8 Å². The van der Waals surface area contributed by atoms with Gasteiger partial charge in [-0.25, -0.2) is 13.8 Å². The van der Waals surface area contributed by atoms with Crippen LogP contribution in [-0.2, 0) is 4.79 Å². The summed E-state index contributed by atoms with van der Waals surface area (Å²) >= 11 is 0. The Morgan fingerprint density at radius 3 is 2.46 bits per heavy atom. The number of anilines is 1. The fourth-order valence-electron chi connectivity index (χ4n) is 3.85. The molecule has 5 nitrogen and oxygen atoms in total. The second kappa shape index (κ2) is 8.46. The number of benzene rings is 1. The molecule has 7 heteroatoms. The van der Waals surface area contributed by atoms with Crippen LogP contribution in [0.1, 0.15) is 36.5 Å². The predicted octanol–water partition coefficient (Wildman–Crippen LogP) is 4.17. The number of carboxylic acid groups (broad SMARTS) is 1. The average Bonchev–Trinajstić information content (AvgIpc) is 2.69. The molecule has 2 heterocycles. The van der Waals surface area contributed by atoms with Crippen molar-refractivity contribution < 1.29 is 23.5 Å². The Balaban J connectivity index is 1.74. The van der Waals surface area contributed by atoms with Gasteiger partial charge in [-0.05, 0) is 48.9 Å². The maximum absolute atomic E-state index is 14.7. The van der Waals surface area contributed by atoms with Crippen molar-refractivity contribution in [3.05, 3.63) is 47.7 Å². The Hall–Kier alpha value is -2.83. The second-order valence-corrected chi connectivity index (χ2v) is 7.06. The summed E-state index contributed by atoms with van der Waals surface area (Å²) in [5.74, 6) is -2.02. The van der Waals surface area contributed by atoms with Crippen molar-refractivity contribution in [1.29, 1.82) is 0 Å². The van der Waals surface area contributed by atoms with Gasteiger partial charge < -0.3 is 10.0 Å². The first-order valence-electron chi connectivity index (χ1n) is 9.33. The molecule has 0 saturated carbocycles. The number of carboxylic acids is 1. The third kappa shape index (κ3) is 4.03. The lowest BCUT2D eigenvalue weighted by atomic mass is 9.83. The fraction of sp³-hybridized carbons (Fsp3) is 0.381. The molecule has 1 aliphatic heterocycles. The van der Waals surface area contributed by atoms with E-state index in [1.165, 1.54) is 24.4 Å². The molecule has 0 bridgehead atoms. The Kier molecular flexibility index (Phi) is 6.02. The van der Waals surface area contributed by atoms with Gasteiger partial charge in [-0.2, -0.15) is 0 Å². The van der Waals surface area contributed by atoms with Crippen molar-refractivity contribution in [2.24, 2.45) is 11.8 Å². The van der Waals surface area contributed by atoms with Gasteiger partial charge in [-0.3, -0.25) is 9.59 Å². The molecule has 28 heavy (non-hydrogen) atoms. The van der Waals surface area contributed by atoms with Gasteiger partial charge in [0.15, 0.2) is 17.9 Å². The lowest BCUT2D eigenvalue weighted by molar-refractivity contribution is -0.144. The van der Waals surface area contributed by atoms with Crippen molar-refractivity contribution >= 4 is 18.1 Å². The van der Waals surface area contributed by atoms with Crippen molar-refractivity contribution in [3.63, 3.8) is 0 Å². The smallest absolute Gasteiger partial charge is 0.306 e. The summed E-state index contributed by atoms with van der Waals surface area (Å²) in [7, 11) is 0. The van der Waals surface area contributed by atoms with Gasteiger partial charge in [0.25, 0.3) is 0 Å². The summed E-state index contributed by atoms with van der Waals surface area (Å²) in [4.78, 5) is 28.1. The lowest BCUT2D eigenvalue weighted by Gasteiger charge is -2.35. The molecule has 1 atom stereocenters. The summed E-state index contributed by atoms with van der Waals surface area (Å²) in [6, 6.07) is 5.38. The molecule has 1 saturated heterocycles. The maximum atomic E-state index is 14.7. The van der Waals surface area contributed by atoms with E-state index in [4.69, 9.17) is 0 Å². The minimum absolute atomic E-state index is 0.0524. The highest BCUT2D eigenvalue weighted by Gasteiger charge is 2.31. The monoisotopic (exact) mass is 388 g/mol. The van der Waals surface area contributed by atoms with E-state index in [2.05, 4.69) is 4.98 Å². The Bertz CT molecular complexity index is 880. The van der Waals surface area contributed by atoms with Crippen LogP contribution in [0.2, 0.25) is 0 Å². The SMILES string of the molecule is CCC(C(=O)O)C1CCN(c2ncc(-c3ccc(C=O)c(F)c3)cc2F)CC1. The Morgan fingerprint density at radius 1 is 1.25 bits per heavy atom. The molecule has 2 aromatic rings. The summed E-state index contributed by atoms with van der Waals surface area (Å²) in [6.07, 6.45) is 3.84. The number of aldehydes is 1. The van der Waals surface area contributed by atoms with E-state index < -0.39 is 17.6 Å². The van der Waals surface area contributed by atoms with Crippen molar-refractivity contribution in [2.45, 2.75) is 26.2 Å². The summed E-state index contributed by atoms with van der Waals surface area (Å²) in [5.41, 5.74) is 0.805. The molecule has 148 valence electrons. The third-order valence-corrected chi connectivity index (χ3v) is 5.45. The molecule has 1 N–H and O–H groups in total. The second-order valence-electron chi connectivity index (χ2n) is 7.06. The summed E-state index contributed by atoms with van der Waals surface area (Å²) in [5, 5.41) is 9.31. The molecule has 1 aromatic carbocycles. The number of rotatable bonds is 6. The minimum Gasteiger partial charge on any atom is -0.481 e. The van der Waals surface area contributed by atoms with Crippen molar-refractivity contribution in [1.82, 2.24) is 4.98 Å². The van der Waals surface area contributed by atoms with Crippen LogP contribution in [0.3, 0.4) is 0 Å². The molecular formula is C21H22F2N2O3. The van der Waals surface area contributed by atoms with Crippen LogP contribution in [0.25, 0.3) is 11.1 Å². The summed E-state index contributed by atoms with van der Waals surface area (Å²) in [6.45, 7) is 2.95. The number of nitrogens with zero attached hydrogens (tertiary/aromatic N) is 2. The molecule has 1 aliphatic rings. The average molecular weight is 388 g/mol. The zero-order valence-electron chi connectivity index (χ0n) is 15.6. The topological polar surface area (TPSA) is 70.5 Å². The van der Waals surface area contributed by atoms with Crippen LogP contribution in [-0.4, -0.2) is 35.4 Å². The number of carbonyl (C=O) groups excluding carboxylic acids is 1. The normalized spacial score (nSPS) is 16.0. The quantitative estimate of drug-likeness (QED) is 0.752. The first-order chi connectivity index (χ1) is 13.4. The number of halogens is 2. The molecule has 1 unspecified atom stereocenters. The van der Waals surface area contributed by atoms with E-state index in [1.54, 1.807) is 6.07 Å². The van der Waals surface area contributed by atoms with Gasteiger partial charge in [0.05, 0.1) is 11.5 Å². The number of aliphatic carboxylic acids is 1.